The lowest BCUT2D eigenvalue weighted by molar-refractivity contribution is -0.114. The van der Waals surface area contributed by atoms with E-state index >= 15 is 0 Å². The number of hydrogen-bond acceptors (Lipinski definition) is 5. The van der Waals surface area contributed by atoms with Crippen molar-refractivity contribution < 1.29 is 4.79 Å². The zero-order valence-corrected chi connectivity index (χ0v) is 17.3. The number of benzene rings is 1. The van der Waals surface area contributed by atoms with Crippen LogP contribution in [0.2, 0.25) is 0 Å². The van der Waals surface area contributed by atoms with Crippen LogP contribution in [0, 0.1) is 13.8 Å². The molecule has 0 saturated heterocycles. The highest BCUT2D eigenvalue weighted by Crippen LogP contribution is 2.33. The molecule has 4 nitrogen and oxygen atoms in total. The van der Waals surface area contributed by atoms with E-state index in [1.165, 1.54) is 11.1 Å². The van der Waals surface area contributed by atoms with Crippen molar-refractivity contribution in [2.75, 3.05) is 4.90 Å². The largest absolute Gasteiger partial charge is 0.278 e. The molecule has 0 spiro atoms. The topological polar surface area (TPSA) is 46.1 Å². The molecule has 4 rings (SSSR count). The molecule has 6 heteroatoms. The minimum atomic E-state index is -0.104. The zero-order chi connectivity index (χ0) is 19.5. The third-order valence-electron chi connectivity index (χ3n) is 4.29. The van der Waals surface area contributed by atoms with Crippen LogP contribution in [0.5, 0.6) is 0 Å². The molecule has 0 radical (unpaired) electrons. The maximum absolute atomic E-state index is 13.1. The van der Waals surface area contributed by atoms with E-state index in [9.17, 15) is 4.79 Å². The van der Waals surface area contributed by atoms with Crippen LogP contribution in [0.1, 0.15) is 21.7 Å². The van der Waals surface area contributed by atoms with Crippen LogP contribution in [0.4, 0.5) is 5.13 Å². The Morgan fingerprint density at radius 1 is 1.18 bits per heavy atom. The molecule has 1 aromatic carbocycles. The fourth-order valence-corrected chi connectivity index (χ4v) is 4.64. The zero-order valence-electron chi connectivity index (χ0n) is 15.6. The maximum Gasteiger partial charge on any atom is 0.253 e. The summed E-state index contributed by atoms with van der Waals surface area (Å²) in [5.41, 5.74) is 4.10. The van der Waals surface area contributed by atoms with Crippen molar-refractivity contribution in [2.24, 2.45) is 0 Å². The van der Waals surface area contributed by atoms with E-state index in [0.29, 0.717) is 11.7 Å². The minimum Gasteiger partial charge on any atom is -0.278 e. The van der Waals surface area contributed by atoms with Gasteiger partial charge in [-0.2, -0.15) is 0 Å². The number of thiazole rings is 1. The van der Waals surface area contributed by atoms with E-state index in [2.05, 4.69) is 31.0 Å². The van der Waals surface area contributed by atoms with E-state index in [0.717, 1.165) is 20.8 Å². The van der Waals surface area contributed by atoms with E-state index in [1.54, 1.807) is 39.8 Å². The highest BCUT2D eigenvalue weighted by molar-refractivity contribution is 7.22. The summed E-state index contributed by atoms with van der Waals surface area (Å²) >= 11 is 3.15. The first kappa shape index (κ1) is 18.5. The first-order valence-corrected chi connectivity index (χ1v) is 10.6. The molecular weight excluding hydrogens is 386 g/mol. The maximum atomic E-state index is 13.1. The Morgan fingerprint density at radius 2 is 2.07 bits per heavy atom. The Morgan fingerprint density at radius 3 is 2.82 bits per heavy atom. The molecule has 1 amide bonds. The number of hydrogen-bond donors (Lipinski definition) is 0. The molecule has 0 aliphatic rings. The first-order chi connectivity index (χ1) is 13.6. The van der Waals surface area contributed by atoms with Crippen molar-refractivity contribution in [3.8, 4) is 0 Å². The Hall–Kier alpha value is -2.83. The summed E-state index contributed by atoms with van der Waals surface area (Å²) in [6, 6.07) is 13.9. The van der Waals surface area contributed by atoms with Crippen molar-refractivity contribution >= 4 is 50.0 Å². The van der Waals surface area contributed by atoms with Gasteiger partial charge in [-0.15, -0.1) is 11.3 Å². The van der Waals surface area contributed by atoms with Gasteiger partial charge in [-0.05, 0) is 60.7 Å². The number of pyridine rings is 1. The van der Waals surface area contributed by atoms with E-state index < -0.39 is 0 Å². The van der Waals surface area contributed by atoms with Gasteiger partial charge in [-0.3, -0.25) is 14.7 Å². The number of carbonyl (C=O) groups is 1. The number of nitrogens with zero attached hydrogens (tertiary/aromatic N) is 3. The lowest BCUT2D eigenvalue weighted by atomic mass is 10.1. The van der Waals surface area contributed by atoms with Gasteiger partial charge in [-0.1, -0.05) is 29.5 Å². The average molecular weight is 406 g/mol. The number of fused-ring (bicyclic) bond motifs is 1. The van der Waals surface area contributed by atoms with Crippen LogP contribution in [-0.2, 0) is 11.3 Å². The molecule has 28 heavy (non-hydrogen) atoms. The lowest BCUT2D eigenvalue weighted by Gasteiger charge is -2.17. The molecule has 3 heterocycles. The van der Waals surface area contributed by atoms with Gasteiger partial charge in [0, 0.05) is 17.2 Å². The summed E-state index contributed by atoms with van der Waals surface area (Å²) in [4.78, 5) is 24.9. The standard InChI is InChI=1S/C22H19N3OS2/c1-15-12-16(2)21-19(13-15)24-22(28-21)25(14-17-6-3-4-10-23-17)20(26)9-8-18-7-5-11-27-18/h3-13H,14H2,1-2H3/b9-8+. The predicted octanol–water partition coefficient (Wildman–Crippen LogP) is 5.62. The smallest absolute Gasteiger partial charge is 0.253 e. The third kappa shape index (κ3) is 4.03. The number of carbonyl (C=O) groups excluding carboxylic acids is 1. The van der Waals surface area contributed by atoms with E-state index in [4.69, 9.17) is 4.98 Å². The van der Waals surface area contributed by atoms with Crippen LogP contribution < -0.4 is 4.90 Å². The summed E-state index contributed by atoms with van der Waals surface area (Å²) in [5, 5.41) is 2.68. The Labute approximate surface area is 171 Å². The SMILES string of the molecule is Cc1cc(C)c2sc(N(Cc3ccccn3)C(=O)/C=C/c3cccs3)nc2c1. The molecular formula is C22H19N3OS2. The highest BCUT2D eigenvalue weighted by Gasteiger charge is 2.19. The Balaban J connectivity index is 1.72. The summed E-state index contributed by atoms with van der Waals surface area (Å²) in [6.45, 7) is 4.53. The predicted molar refractivity (Wildman–Crippen MR) is 118 cm³/mol. The van der Waals surface area contributed by atoms with Crippen molar-refractivity contribution in [2.45, 2.75) is 20.4 Å². The quantitative estimate of drug-likeness (QED) is 0.405. The van der Waals surface area contributed by atoms with Gasteiger partial charge < -0.3 is 0 Å². The van der Waals surface area contributed by atoms with Gasteiger partial charge in [0.2, 0.25) is 0 Å². The number of anilines is 1. The summed E-state index contributed by atoms with van der Waals surface area (Å²) in [6.07, 6.45) is 5.20. The molecule has 3 aromatic heterocycles. The van der Waals surface area contributed by atoms with E-state index in [-0.39, 0.29) is 5.91 Å². The normalized spacial score (nSPS) is 11.4. The third-order valence-corrected chi connectivity index (χ3v) is 6.35. The van der Waals surface area contributed by atoms with Crippen molar-refractivity contribution in [3.63, 3.8) is 0 Å². The van der Waals surface area contributed by atoms with Crippen LogP contribution in [0.15, 0.2) is 60.1 Å². The molecule has 0 unspecified atom stereocenters. The molecule has 140 valence electrons. The summed E-state index contributed by atoms with van der Waals surface area (Å²) in [7, 11) is 0. The lowest BCUT2D eigenvalue weighted by Crippen LogP contribution is -2.28. The number of amides is 1. The summed E-state index contributed by atoms with van der Waals surface area (Å²) in [5.74, 6) is -0.104. The van der Waals surface area contributed by atoms with Gasteiger partial charge in [0.1, 0.15) is 0 Å². The molecule has 0 bridgehead atoms. The monoisotopic (exact) mass is 405 g/mol. The second kappa shape index (κ2) is 8.04. The van der Waals surface area contributed by atoms with Crippen molar-refractivity contribution in [1.29, 1.82) is 0 Å². The molecule has 0 fully saturated rings. The molecule has 0 aliphatic carbocycles. The summed E-state index contributed by atoms with van der Waals surface area (Å²) < 4.78 is 1.11. The van der Waals surface area contributed by atoms with Gasteiger partial charge in [0.15, 0.2) is 5.13 Å². The van der Waals surface area contributed by atoms with Crippen molar-refractivity contribution in [3.05, 3.63) is 81.8 Å². The number of thiophene rings is 1. The fourth-order valence-electron chi connectivity index (χ4n) is 3.00. The van der Waals surface area contributed by atoms with Crippen LogP contribution >= 0.6 is 22.7 Å². The Kier molecular flexibility index (Phi) is 5.32. The van der Waals surface area contributed by atoms with Crippen LogP contribution in [0.3, 0.4) is 0 Å². The number of aromatic nitrogens is 2. The van der Waals surface area contributed by atoms with Crippen molar-refractivity contribution in [1.82, 2.24) is 9.97 Å². The fraction of sp³-hybridized carbons (Fsp3) is 0.136. The molecule has 0 aliphatic heterocycles. The second-order valence-electron chi connectivity index (χ2n) is 6.52. The van der Waals surface area contributed by atoms with Gasteiger partial charge in [-0.25, -0.2) is 4.98 Å². The second-order valence-corrected chi connectivity index (χ2v) is 8.48. The molecule has 0 atom stereocenters. The van der Waals surface area contributed by atoms with E-state index in [1.807, 2.05) is 41.8 Å². The van der Waals surface area contributed by atoms with Crippen LogP contribution in [-0.4, -0.2) is 15.9 Å². The number of aryl methyl sites for hydroxylation is 2. The van der Waals surface area contributed by atoms with Gasteiger partial charge in [0.05, 0.1) is 22.5 Å². The minimum absolute atomic E-state index is 0.104. The van der Waals surface area contributed by atoms with Crippen LogP contribution in [0.25, 0.3) is 16.3 Å². The first-order valence-electron chi connectivity index (χ1n) is 8.91. The molecule has 0 saturated carbocycles. The molecule has 0 N–H and O–H groups in total. The Bertz CT molecular complexity index is 1130. The van der Waals surface area contributed by atoms with Gasteiger partial charge >= 0.3 is 0 Å². The average Bonchev–Trinajstić information content (AvgIpc) is 3.34. The van der Waals surface area contributed by atoms with Gasteiger partial charge in [0.25, 0.3) is 5.91 Å². The number of rotatable bonds is 5. The highest BCUT2D eigenvalue weighted by atomic mass is 32.1. The molecule has 4 aromatic rings.